The minimum Gasteiger partial charge on any atom is -0.390 e. The number of carbonyl (C=O) groups excluding carboxylic acids is 1. The van der Waals surface area contributed by atoms with E-state index in [2.05, 4.69) is 27.2 Å². The average molecular weight is 355 g/mol. The van der Waals surface area contributed by atoms with Gasteiger partial charge in [-0.3, -0.25) is 9.69 Å². The van der Waals surface area contributed by atoms with Crippen molar-refractivity contribution < 1.29 is 9.90 Å². The van der Waals surface area contributed by atoms with Gasteiger partial charge < -0.3 is 14.6 Å². The minimum absolute atomic E-state index is 0.119. The standard InChI is InChI=1S/C19H25N5O2/c25-16-13-22(12-15-6-2-1-3-7-15)10-11-23(14-16)19(26)18-21-20-17-8-4-5-9-24(17)18/h1-3,6-7,16,25H,4-5,8-14H2/t16-/m0/s1. The van der Waals surface area contributed by atoms with Gasteiger partial charge in [-0.15, -0.1) is 10.2 Å². The summed E-state index contributed by atoms with van der Waals surface area (Å²) in [5.74, 6) is 1.20. The third-order valence-corrected chi connectivity index (χ3v) is 5.17. The molecule has 0 saturated carbocycles. The van der Waals surface area contributed by atoms with E-state index in [4.69, 9.17) is 0 Å². The molecule has 0 unspecified atom stereocenters. The number of β-amino-alcohol motifs (C(OH)–C–C–N with tert-alkyl or cyclic N) is 1. The third kappa shape index (κ3) is 3.64. The number of carbonyl (C=O) groups is 1. The summed E-state index contributed by atoms with van der Waals surface area (Å²) in [7, 11) is 0. The highest BCUT2D eigenvalue weighted by Crippen LogP contribution is 2.17. The van der Waals surface area contributed by atoms with Crippen LogP contribution in [0.25, 0.3) is 0 Å². The maximum atomic E-state index is 13.0. The van der Waals surface area contributed by atoms with Gasteiger partial charge in [0, 0.05) is 45.7 Å². The van der Waals surface area contributed by atoms with Gasteiger partial charge in [0.25, 0.3) is 5.91 Å². The first-order valence-corrected chi connectivity index (χ1v) is 9.36. The zero-order chi connectivity index (χ0) is 17.9. The Balaban J connectivity index is 1.45. The molecule has 2 aliphatic heterocycles. The number of amides is 1. The summed E-state index contributed by atoms with van der Waals surface area (Å²) in [6.07, 6.45) is 2.48. The molecule has 1 N–H and O–H groups in total. The lowest BCUT2D eigenvalue weighted by atomic mass is 10.1. The van der Waals surface area contributed by atoms with Crippen molar-refractivity contribution in [1.82, 2.24) is 24.6 Å². The number of hydrogen-bond donors (Lipinski definition) is 1. The number of benzene rings is 1. The molecule has 0 radical (unpaired) electrons. The molecule has 1 amide bonds. The highest BCUT2D eigenvalue weighted by molar-refractivity contribution is 5.90. The van der Waals surface area contributed by atoms with Crippen LogP contribution >= 0.6 is 0 Å². The van der Waals surface area contributed by atoms with Crippen LogP contribution in [0.4, 0.5) is 0 Å². The fraction of sp³-hybridized carbons (Fsp3) is 0.526. The molecule has 26 heavy (non-hydrogen) atoms. The second kappa shape index (κ2) is 7.55. The summed E-state index contributed by atoms with van der Waals surface area (Å²) < 4.78 is 1.95. The van der Waals surface area contributed by atoms with Crippen LogP contribution in [0, 0.1) is 0 Å². The predicted octanol–water partition coefficient (Wildman–Crippen LogP) is 0.933. The molecule has 7 nitrogen and oxygen atoms in total. The van der Waals surface area contributed by atoms with Crippen LogP contribution in [0.15, 0.2) is 30.3 Å². The Morgan fingerprint density at radius 2 is 1.92 bits per heavy atom. The first-order valence-electron chi connectivity index (χ1n) is 9.36. The van der Waals surface area contributed by atoms with Crippen molar-refractivity contribution in [3.8, 4) is 0 Å². The van der Waals surface area contributed by atoms with Crippen molar-refractivity contribution >= 4 is 5.91 Å². The Morgan fingerprint density at radius 1 is 1.08 bits per heavy atom. The van der Waals surface area contributed by atoms with E-state index in [1.807, 2.05) is 22.8 Å². The van der Waals surface area contributed by atoms with Gasteiger partial charge in [-0.05, 0) is 18.4 Å². The summed E-state index contributed by atoms with van der Waals surface area (Å²) in [6.45, 7) is 3.81. The molecule has 0 bridgehead atoms. The number of nitrogens with zero attached hydrogens (tertiary/aromatic N) is 5. The summed E-state index contributed by atoms with van der Waals surface area (Å²) in [4.78, 5) is 16.9. The molecule has 138 valence electrons. The maximum absolute atomic E-state index is 13.0. The van der Waals surface area contributed by atoms with Crippen LogP contribution in [-0.4, -0.2) is 67.9 Å². The van der Waals surface area contributed by atoms with Gasteiger partial charge in [-0.25, -0.2) is 0 Å². The number of aromatic nitrogens is 3. The Labute approximate surface area is 153 Å². The Morgan fingerprint density at radius 3 is 2.77 bits per heavy atom. The third-order valence-electron chi connectivity index (χ3n) is 5.17. The van der Waals surface area contributed by atoms with Gasteiger partial charge in [0.05, 0.1) is 6.10 Å². The lowest BCUT2D eigenvalue weighted by Gasteiger charge is -2.22. The molecule has 7 heteroatoms. The van der Waals surface area contributed by atoms with Gasteiger partial charge in [0.1, 0.15) is 5.82 Å². The number of aliphatic hydroxyl groups excluding tert-OH is 1. The smallest absolute Gasteiger partial charge is 0.291 e. The van der Waals surface area contributed by atoms with Gasteiger partial charge >= 0.3 is 0 Å². The van der Waals surface area contributed by atoms with Crippen LogP contribution in [0.2, 0.25) is 0 Å². The molecule has 1 aromatic carbocycles. The fourth-order valence-electron chi connectivity index (χ4n) is 3.83. The number of rotatable bonds is 3. The molecule has 2 aliphatic rings. The molecule has 4 rings (SSSR count). The number of aryl methyl sites for hydroxylation is 1. The summed E-state index contributed by atoms with van der Waals surface area (Å²) in [5.41, 5.74) is 1.21. The van der Waals surface area contributed by atoms with Crippen LogP contribution in [0.5, 0.6) is 0 Å². The highest BCUT2D eigenvalue weighted by Gasteiger charge is 2.29. The molecule has 3 heterocycles. The quantitative estimate of drug-likeness (QED) is 0.887. The molecule has 0 aliphatic carbocycles. The van der Waals surface area contributed by atoms with Crippen LogP contribution < -0.4 is 0 Å². The van der Waals surface area contributed by atoms with E-state index in [1.165, 1.54) is 5.56 Å². The molecule has 1 fully saturated rings. The fourth-order valence-corrected chi connectivity index (χ4v) is 3.83. The highest BCUT2D eigenvalue weighted by atomic mass is 16.3. The van der Waals surface area contributed by atoms with Gasteiger partial charge in [-0.2, -0.15) is 0 Å². The van der Waals surface area contributed by atoms with Gasteiger partial charge in [0.2, 0.25) is 5.82 Å². The second-order valence-electron chi connectivity index (χ2n) is 7.17. The zero-order valence-corrected chi connectivity index (χ0v) is 14.9. The van der Waals surface area contributed by atoms with E-state index in [-0.39, 0.29) is 5.91 Å². The zero-order valence-electron chi connectivity index (χ0n) is 14.9. The van der Waals surface area contributed by atoms with Gasteiger partial charge in [0.15, 0.2) is 0 Å². The van der Waals surface area contributed by atoms with E-state index in [0.29, 0.717) is 25.5 Å². The number of hydrogen-bond acceptors (Lipinski definition) is 5. The summed E-state index contributed by atoms with van der Waals surface area (Å²) in [5, 5.41) is 18.7. The Kier molecular flexibility index (Phi) is 4.99. The van der Waals surface area contributed by atoms with Gasteiger partial charge in [-0.1, -0.05) is 30.3 Å². The number of aliphatic hydroxyl groups is 1. The van der Waals surface area contributed by atoms with Crippen LogP contribution in [0.3, 0.4) is 0 Å². The lowest BCUT2D eigenvalue weighted by molar-refractivity contribution is 0.0646. The largest absolute Gasteiger partial charge is 0.390 e. The van der Waals surface area contributed by atoms with Crippen molar-refractivity contribution in [3.63, 3.8) is 0 Å². The van der Waals surface area contributed by atoms with E-state index in [1.54, 1.807) is 4.90 Å². The summed E-state index contributed by atoms with van der Waals surface area (Å²) >= 11 is 0. The van der Waals surface area contributed by atoms with E-state index >= 15 is 0 Å². The Bertz CT molecular complexity index is 761. The van der Waals surface area contributed by atoms with Crippen LogP contribution in [-0.2, 0) is 19.5 Å². The molecular weight excluding hydrogens is 330 g/mol. The first-order chi connectivity index (χ1) is 12.7. The lowest BCUT2D eigenvalue weighted by Crippen LogP contribution is -2.39. The minimum atomic E-state index is -0.561. The molecule has 0 spiro atoms. The molecule has 1 atom stereocenters. The van der Waals surface area contributed by atoms with E-state index < -0.39 is 6.10 Å². The van der Waals surface area contributed by atoms with E-state index in [9.17, 15) is 9.90 Å². The normalized spacial score (nSPS) is 21.3. The Hall–Kier alpha value is -2.25. The number of fused-ring (bicyclic) bond motifs is 1. The molecule has 2 aromatic rings. The van der Waals surface area contributed by atoms with Crippen molar-refractivity contribution in [2.24, 2.45) is 0 Å². The molecule has 1 saturated heterocycles. The molecular formula is C19H25N5O2. The second-order valence-corrected chi connectivity index (χ2v) is 7.17. The van der Waals surface area contributed by atoms with Crippen molar-refractivity contribution in [2.75, 3.05) is 26.2 Å². The monoisotopic (exact) mass is 355 g/mol. The van der Waals surface area contributed by atoms with E-state index in [0.717, 1.165) is 44.7 Å². The SMILES string of the molecule is O=C(c1nnc2n1CCCC2)N1CCN(Cc2ccccc2)C[C@H](O)C1. The molecule has 1 aromatic heterocycles. The first kappa shape index (κ1) is 17.2. The topological polar surface area (TPSA) is 74.5 Å². The average Bonchev–Trinajstić information content (AvgIpc) is 3.00. The van der Waals surface area contributed by atoms with Crippen molar-refractivity contribution in [1.29, 1.82) is 0 Å². The van der Waals surface area contributed by atoms with Crippen LogP contribution in [0.1, 0.15) is 34.8 Å². The summed E-state index contributed by atoms with van der Waals surface area (Å²) in [6, 6.07) is 10.2. The predicted molar refractivity (Wildman–Crippen MR) is 96.6 cm³/mol. The van der Waals surface area contributed by atoms with Crippen molar-refractivity contribution in [3.05, 3.63) is 47.5 Å². The van der Waals surface area contributed by atoms with Crippen molar-refractivity contribution in [2.45, 2.75) is 38.5 Å². The maximum Gasteiger partial charge on any atom is 0.291 e.